The Morgan fingerprint density at radius 1 is 1.33 bits per heavy atom. The summed E-state index contributed by atoms with van der Waals surface area (Å²) in [4.78, 5) is 2.38. The zero-order chi connectivity index (χ0) is 13.0. The summed E-state index contributed by atoms with van der Waals surface area (Å²) in [6, 6.07) is 7.66. The molecule has 0 bridgehead atoms. The van der Waals surface area contributed by atoms with Gasteiger partial charge >= 0.3 is 0 Å². The van der Waals surface area contributed by atoms with Crippen LogP contribution in [-0.2, 0) is 0 Å². The molecule has 3 heteroatoms. The Kier molecular flexibility index (Phi) is 4.72. The van der Waals surface area contributed by atoms with Crippen LogP contribution in [0.5, 0.6) is 0 Å². The first kappa shape index (κ1) is 13.5. The van der Waals surface area contributed by atoms with Gasteiger partial charge in [0, 0.05) is 12.1 Å². The van der Waals surface area contributed by atoms with Crippen molar-refractivity contribution in [3.63, 3.8) is 0 Å². The summed E-state index contributed by atoms with van der Waals surface area (Å²) in [5.74, 6) is -0.151. The zero-order valence-electron chi connectivity index (χ0n) is 11.3. The van der Waals surface area contributed by atoms with E-state index in [1.165, 1.54) is 31.9 Å². The van der Waals surface area contributed by atoms with Crippen LogP contribution in [0, 0.1) is 5.82 Å². The van der Waals surface area contributed by atoms with Crippen molar-refractivity contribution in [1.82, 2.24) is 10.2 Å². The molecule has 1 aliphatic rings. The Morgan fingerprint density at radius 2 is 2.17 bits per heavy atom. The third-order valence-corrected chi connectivity index (χ3v) is 3.79. The number of nitrogens with one attached hydrogen (secondary N) is 1. The second-order valence-electron chi connectivity index (χ2n) is 5.37. The molecule has 0 saturated carbocycles. The lowest BCUT2D eigenvalue weighted by Gasteiger charge is -2.22. The van der Waals surface area contributed by atoms with Gasteiger partial charge in [0.2, 0.25) is 0 Å². The highest BCUT2D eigenvalue weighted by atomic mass is 19.1. The molecular weight excluding hydrogens is 227 g/mol. The molecule has 1 N–H and O–H groups in total. The second kappa shape index (κ2) is 6.30. The number of benzene rings is 1. The van der Waals surface area contributed by atoms with Crippen molar-refractivity contribution in [2.24, 2.45) is 0 Å². The van der Waals surface area contributed by atoms with Crippen molar-refractivity contribution in [3.05, 3.63) is 35.6 Å². The maximum atomic E-state index is 13.2. The highest BCUT2D eigenvalue weighted by molar-refractivity contribution is 5.19. The first-order valence-corrected chi connectivity index (χ1v) is 6.85. The first-order valence-electron chi connectivity index (χ1n) is 6.85. The molecular formula is C15H23FN2. The number of likely N-dealkylation sites (tertiary alicyclic amines) is 1. The number of hydrogen-bond donors (Lipinski definition) is 1. The minimum atomic E-state index is -0.151. The SMILES string of the molecule is CC(NC1CCCN(C)CC1)c1cccc(F)c1. The third-order valence-electron chi connectivity index (χ3n) is 3.79. The van der Waals surface area contributed by atoms with Gasteiger partial charge in [-0.15, -0.1) is 0 Å². The number of rotatable bonds is 3. The Hall–Kier alpha value is -0.930. The van der Waals surface area contributed by atoms with Crippen molar-refractivity contribution in [1.29, 1.82) is 0 Å². The van der Waals surface area contributed by atoms with Crippen LogP contribution in [0.2, 0.25) is 0 Å². The predicted molar refractivity (Wildman–Crippen MR) is 73.1 cm³/mol. The molecule has 0 radical (unpaired) electrons. The molecule has 2 nitrogen and oxygen atoms in total. The van der Waals surface area contributed by atoms with Gasteiger partial charge < -0.3 is 10.2 Å². The lowest BCUT2D eigenvalue weighted by Crippen LogP contribution is -2.32. The summed E-state index contributed by atoms with van der Waals surface area (Å²) < 4.78 is 13.2. The molecule has 2 unspecified atom stereocenters. The molecule has 0 aromatic heterocycles. The van der Waals surface area contributed by atoms with Gasteiger partial charge in [0.15, 0.2) is 0 Å². The van der Waals surface area contributed by atoms with E-state index in [-0.39, 0.29) is 11.9 Å². The van der Waals surface area contributed by atoms with Gasteiger partial charge in [-0.25, -0.2) is 4.39 Å². The van der Waals surface area contributed by atoms with Crippen LogP contribution < -0.4 is 5.32 Å². The van der Waals surface area contributed by atoms with Crippen LogP contribution in [0.25, 0.3) is 0 Å². The normalized spacial score (nSPS) is 23.6. The molecule has 1 saturated heterocycles. The molecule has 18 heavy (non-hydrogen) atoms. The zero-order valence-corrected chi connectivity index (χ0v) is 11.3. The summed E-state index contributed by atoms with van der Waals surface area (Å²) in [6.45, 7) is 4.45. The van der Waals surface area contributed by atoms with E-state index in [9.17, 15) is 4.39 Å². The van der Waals surface area contributed by atoms with Gasteiger partial charge in [0.25, 0.3) is 0 Å². The lowest BCUT2D eigenvalue weighted by atomic mass is 10.0. The van der Waals surface area contributed by atoms with E-state index in [1.54, 1.807) is 12.1 Å². The van der Waals surface area contributed by atoms with E-state index in [0.717, 1.165) is 12.1 Å². The van der Waals surface area contributed by atoms with Gasteiger partial charge in [-0.3, -0.25) is 0 Å². The van der Waals surface area contributed by atoms with E-state index in [0.29, 0.717) is 6.04 Å². The summed E-state index contributed by atoms with van der Waals surface area (Å²) >= 11 is 0. The van der Waals surface area contributed by atoms with Crippen LogP contribution in [0.4, 0.5) is 4.39 Å². The first-order chi connectivity index (χ1) is 8.65. The third kappa shape index (κ3) is 3.79. The Morgan fingerprint density at radius 3 is 2.94 bits per heavy atom. The lowest BCUT2D eigenvalue weighted by molar-refractivity contribution is 0.340. The quantitative estimate of drug-likeness (QED) is 0.887. The summed E-state index contributed by atoms with van der Waals surface area (Å²) in [5.41, 5.74) is 1.03. The molecule has 100 valence electrons. The van der Waals surface area contributed by atoms with E-state index in [4.69, 9.17) is 0 Å². The second-order valence-corrected chi connectivity index (χ2v) is 5.37. The molecule has 1 heterocycles. The highest BCUT2D eigenvalue weighted by Crippen LogP contribution is 2.17. The van der Waals surface area contributed by atoms with E-state index >= 15 is 0 Å². The topological polar surface area (TPSA) is 15.3 Å². The maximum absolute atomic E-state index is 13.2. The van der Waals surface area contributed by atoms with Gasteiger partial charge in [-0.2, -0.15) is 0 Å². The fraction of sp³-hybridized carbons (Fsp3) is 0.600. The van der Waals surface area contributed by atoms with Crippen molar-refractivity contribution in [3.8, 4) is 0 Å². The molecule has 1 aliphatic heterocycles. The Balaban J connectivity index is 1.92. The summed E-state index contributed by atoms with van der Waals surface area (Å²) in [5, 5.41) is 3.63. The highest BCUT2D eigenvalue weighted by Gasteiger charge is 2.17. The average molecular weight is 250 g/mol. The van der Waals surface area contributed by atoms with E-state index < -0.39 is 0 Å². The predicted octanol–water partition coefficient (Wildman–Crippen LogP) is 2.96. The standard InChI is InChI=1S/C15H23FN2/c1-12(13-5-3-6-14(16)11-13)17-15-7-4-9-18(2)10-8-15/h3,5-6,11-12,15,17H,4,7-10H2,1-2H3. The van der Waals surface area contributed by atoms with Crippen LogP contribution in [0.3, 0.4) is 0 Å². The van der Waals surface area contributed by atoms with Crippen molar-refractivity contribution < 1.29 is 4.39 Å². The smallest absolute Gasteiger partial charge is 0.123 e. The molecule has 2 rings (SSSR count). The molecule has 0 aliphatic carbocycles. The largest absolute Gasteiger partial charge is 0.307 e. The van der Waals surface area contributed by atoms with Gasteiger partial charge in [0.1, 0.15) is 5.82 Å². The van der Waals surface area contributed by atoms with Gasteiger partial charge in [-0.05, 0) is 64.0 Å². The maximum Gasteiger partial charge on any atom is 0.123 e. The van der Waals surface area contributed by atoms with Crippen LogP contribution in [0.15, 0.2) is 24.3 Å². The molecule has 1 aromatic rings. The molecule has 2 atom stereocenters. The fourth-order valence-electron chi connectivity index (χ4n) is 2.63. The van der Waals surface area contributed by atoms with E-state index in [1.807, 2.05) is 6.07 Å². The number of hydrogen-bond acceptors (Lipinski definition) is 2. The Bertz CT molecular complexity index is 381. The Labute approximate surface area is 109 Å². The minimum Gasteiger partial charge on any atom is -0.307 e. The van der Waals surface area contributed by atoms with Crippen molar-refractivity contribution >= 4 is 0 Å². The van der Waals surface area contributed by atoms with Gasteiger partial charge in [-0.1, -0.05) is 12.1 Å². The summed E-state index contributed by atoms with van der Waals surface area (Å²) in [6.07, 6.45) is 3.63. The molecule has 1 fully saturated rings. The minimum absolute atomic E-state index is 0.151. The fourth-order valence-corrected chi connectivity index (χ4v) is 2.63. The monoisotopic (exact) mass is 250 g/mol. The number of nitrogens with zero attached hydrogens (tertiary/aromatic N) is 1. The molecule has 1 aromatic carbocycles. The molecule has 0 spiro atoms. The van der Waals surface area contributed by atoms with Crippen LogP contribution >= 0.6 is 0 Å². The van der Waals surface area contributed by atoms with Gasteiger partial charge in [0.05, 0.1) is 0 Å². The van der Waals surface area contributed by atoms with Crippen LogP contribution in [0.1, 0.15) is 37.8 Å². The van der Waals surface area contributed by atoms with Crippen molar-refractivity contribution in [2.75, 3.05) is 20.1 Å². The van der Waals surface area contributed by atoms with E-state index in [2.05, 4.69) is 24.2 Å². The summed E-state index contributed by atoms with van der Waals surface area (Å²) in [7, 11) is 2.18. The number of halogens is 1. The van der Waals surface area contributed by atoms with Crippen LogP contribution in [-0.4, -0.2) is 31.1 Å². The average Bonchev–Trinajstić information content (AvgIpc) is 2.54. The van der Waals surface area contributed by atoms with Crippen molar-refractivity contribution in [2.45, 2.75) is 38.3 Å². The molecule has 0 amide bonds.